The van der Waals surface area contributed by atoms with Crippen molar-refractivity contribution >= 4 is 0 Å². The van der Waals surface area contributed by atoms with Crippen LogP contribution in [0.1, 0.15) is 43.7 Å². The van der Waals surface area contributed by atoms with Gasteiger partial charge in [-0.25, -0.2) is 4.39 Å². The normalized spacial score (nSPS) is 18.8. The van der Waals surface area contributed by atoms with Gasteiger partial charge in [-0.3, -0.25) is 4.90 Å². The number of rotatable bonds is 5. The first kappa shape index (κ1) is 13.5. The van der Waals surface area contributed by atoms with E-state index in [4.69, 9.17) is 5.73 Å². The molecule has 0 saturated carbocycles. The first-order chi connectivity index (χ1) is 8.83. The van der Waals surface area contributed by atoms with Crippen molar-refractivity contribution in [3.63, 3.8) is 0 Å². The predicted octanol–water partition coefficient (Wildman–Crippen LogP) is 3.09. The summed E-state index contributed by atoms with van der Waals surface area (Å²) in [6, 6.07) is 7.38. The van der Waals surface area contributed by atoms with Crippen molar-refractivity contribution in [3.8, 4) is 0 Å². The predicted molar refractivity (Wildman–Crippen MR) is 72.9 cm³/mol. The van der Waals surface area contributed by atoms with Crippen molar-refractivity contribution in [2.24, 2.45) is 5.73 Å². The highest BCUT2D eigenvalue weighted by molar-refractivity contribution is 5.21. The first-order valence-corrected chi connectivity index (χ1v) is 7.01. The van der Waals surface area contributed by atoms with Gasteiger partial charge < -0.3 is 5.73 Å². The van der Waals surface area contributed by atoms with Crippen LogP contribution in [0.25, 0.3) is 0 Å². The summed E-state index contributed by atoms with van der Waals surface area (Å²) in [4.78, 5) is 2.43. The lowest BCUT2D eigenvalue weighted by Gasteiger charge is -2.35. The molecule has 2 N–H and O–H groups in total. The Morgan fingerprint density at radius 1 is 1.17 bits per heavy atom. The van der Waals surface area contributed by atoms with Crippen molar-refractivity contribution in [1.29, 1.82) is 0 Å². The van der Waals surface area contributed by atoms with Gasteiger partial charge >= 0.3 is 0 Å². The average Bonchev–Trinajstić information content (AvgIpc) is 2.42. The molecule has 1 aliphatic rings. The minimum atomic E-state index is -0.0786. The second kappa shape index (κ2) is 6.86. The van der Waals surface area contributed by atoms with Gasteiger partial charge in [0.2, 0.25) is 0 Å². The van der Waals surface area contributed by atoms with E-state index in [0.29, 0.717) is 6.54 Å². The molecule has 1 unspecified atom stereocenters. The molecule has 1 aromatic rings. The first-order valence-electron chi connectivity index (χ1n) is 7.01. The summed E-state index contributed by atoms with van der Waals surface area (Å²) in [5.41, 5.74) is 6.45. The Kier molecular flexibility index (Phi) is 5.14. The highest BCUT2D eigenvalue weighted by Crippen LogP contribution is 2.30. The molecule has 1 saturated heterocycles. The molecule has 1 atom stereocenters. The second-order valence-electron chi connectivity index (χ2n) is 5.06. The third-order valence-corrected chi connectivity index (χ3v) is 3.78. The molecular formula is C15H23FN2. The quantitative estimate of drug-likeness (QED) is 0.870. The Labute approximate surface area is 109 Å². The topological polar surface area (TPSA) is 29.3 Å². The Bertz CT molecular complexity index is 361. The van der Waals surface area contributed by atoms with Gasteiger partial charge in [0.05, 0.1) is 0 Å². The second-order valence-corrected chi connectivity index (χ2v) is 5.06. The summed E-state index contributed by atoms with van der Waals surface area (Å²) in [6.07, 6.45) is 5.67. The molecule has 0 aliphatic carbocycles. The van der Waals surface area contributed by atoms with Gasteiger partial charge in [-0.15, -0.1) is 0 Å². The summed E-state index contributed by atoms with van der Waals surface area (Å²) >= 11 is 0. The number of likely N-dealkylation sites (tertiary alicyclic amines) is 1. The van der Waals surface area contributed by atoms with Gasteiger partial charge in [-0.05, 0) is 51.4 Å². The molecule has 0 aromatic heterocycles. The van der Waals surface area contributed by atoms with Crippen LogP contribution in [0.2, 0.25) is 0 Å². The van der Waals surface area contributed by atoms with Crippen molar-refractivity contribution in [1.82, 2.24) is 4.90 Å². The summed E-state index contributed by atoms with van der Waals surface area (Å²) in [5, 5.41) is 0. The smallest absolute Gasteiger partial charge is 0.127 e. The molecule has 0 radical (unpaired) electrons. The highest BCUT2D eigenvalue weighted by atomic mass is 19.1. The summed E-state index contributed by atoms with van der Waals surface area (Å²) in [7, 11) is 0. The molecule has 3 heteroatoms. The van der Waals surface area contributed by atoms with Gasteiger partial charge in [0.15, 0.2) is 0 Å². The number of nitrogens with two attached hydrogens (primary N) is 1. The highest BCUT2D eigenvalue weighted by Gasteiger charge is 2.23. The van der Waals surface area contributed by atoms with E-state index in [2.05, 4.69) is 4.90 Å². The molecule has 2 nitrogen and oxygen atoms in total. The Hall–Kier alpha value is -0.930. The number of hydrogen-bond acceptors (Lipinski definition) is 2. The third kappa shape index (κ3) is 3.30. The van der Waals surface area contributed by atoms with Gasteiger partial charge in [-0.2, -0.15) is 0 Å². The molecule has 0 spiro atoms. The lowest BCUT2D eigenvalue weighted by atomic mass is 9.97. The largest absolute Gasteiger partial charge is 0.330 e. The van der Waals surface area contributed by atoms with E-state index < -0.39 is 0 Å². The summed E-state index contributed by atoms with van der Waals surface area (Å²) < 4.78 is 14.0. The van der Waals surface area contributed by atoms with E-state index in [9.17, 15) is 4.39 Å². The van der Waals surface area contributed by atoms with E-state index in [-0.39, 0.29) is 11.9 Å². The van der Waals surface area contributed by atoms with Crippen molar-refractivity contribution in [3.05, 3.63) is 35.6 Å². The maximum Gasteiger partial charge on any atom is 0.127 e. The Morgan fingerprint density at radius 2 is 1.89 bits per heavy atom. The van der Waals surface area contributed by atoms with Crippen LogP contribution >= 0.6 is 0 Å². The molecule has 1 heterocycles. The van der Waals surface area contributed by atoms with Crippen LogP contribution in [-0.2, 0) is 0 Å². The summed E-state index contributed by atoms with van der Waals surface area (Å²) in [6.45, 7) is 2.85. The molecule has 18 heavy (non-hydrogen) atoms. The van der Waals surface area contributed by atoms with E-state index in [1.54, 1.807) is 12.1 Å². The molecule has 100 valence electrons. The van der Waals surface area contributed by atoms with E-state index in [1.165, 1.54) is 19.3 Å². The van der Waals surface area contributed by atoms with E-state index in [1.807, 2.05) is 12.1 Å². The zero-order valence-corrected chi connectivity index (χ0v) is 10.9. The number of nitrogens with zero attached hydrogens (tertiary/aromatic N) is 1. The zero-order chi connectivity index (χ0) is 12.8. The standard InChI is InChI=1S/C15H23FN2/c16-14-8-3-2-7-13(14)15(9-6-10-17)18-11-4-1-5-12-18/h2-3,7-8,15H,1,4-6,9-12,17H2. The fourth-order valence-corrected chi connectivity index (χ4v) is 2.82. The van der Waals surface area contributed by atoms with Crippen LogP contribution in [0.5, 0.6) is 0 Å². The maximum absolute atomic E-state index is 14.0. The minimum Gasteiger partial charge on any atom is -0.330 e. The number of halogens is 1. The number of piperidine rings is 1. The summed E-state index contributed by atoms with van der Waals surface area (Å²) in [5.74, 6) is -0.0786. The molecule has 1 aliphatic heterocycles. The fourth-order valence-electron chi connectivity index (χ4n) is 2.82. The Balaban J connectivity index is 2.15. The number of hydrogen-bond donors (Lipinski definition) is 1. The maximum atomic E-state index is 14.0. The molecule has 0 amide bonds. The van der Waals surface area contributed by atoms with Crippen molar-refractivity contribution in [2.75, 3.05) is 19.6 Å². The lowest BCUT2D eigenvalue weighted by Crippen LogP contribution is -2.34. The van der Waals surface area contributed by atoms with Gasteiger partial charge in [0.1, 0.15) is 5.82 Å². The van der Waals surface area contributed by atoms with Gasteiger partial charge in [-0.1, -0.05) is 24.6 Å². The molecule has 1 fully saturated rings. The third-order valence-electron chi connectivity index (χ3n) is 3.78. The molecule has 2 rings (SSSR count). The van der Waals surface area contributed by atoms with Gasteiger partial charge in [0.25, 0.3) is 0 Å². The average molecular weight is 250 g/mol. The lowest BCUT2D eigenvalue weighted by molar-refractivity contribution is 0.151. The van der Waals surface area contributed by atoms with Crippen LogP contribution < -0.4 is 5.73 Å². The Morgan fingerprint density at radius 3 is 2.56 bits per heavy atom. The number of benzene rings is 1. The minimum absolute atomic E-state index is 0.0786. The molecule has 0 bridgehead atoms. The monoisotopic (exact) mass is 250 g/mol. The van der Waals surface area contributed by atoms with Crippen LogP contribution in [0.15, 0.2) is 24.3 Å². The van der Waals surface area contributed by atoms with Crippen LogP contribution in [0.3, 0.4) is 0 Å². The van der Waals surface area contributed by atoms with Crippen LogP contribution in [0, 0.1) is 5.82 Å². The van der Waals surface area contributed by atoms with Gasteiger partial charge in [0, 0.05) is 11.6 Å². The fraction of sp³-hybridized carbons (Fsp3) is 0.600. The van der Waals surface area contributed by atoms with Crippen molar-refractivity contribution < 1.29 is 4.39 Å². The van der Waals surface area contributed by atoms with E-state index >= 15 is 0 Å². The van der Waals surface area contributed by atoms with E-state index in [0.717, 1.165) is 31.5 Å². The molecular weight excluding hydrogens is 227 g/mol. The van der Waals surface area contributed by atoms with Crippen molar-refractivity contribution in [2.45, 2.75) is 38.1 Å². The van der Waals surface area contributed by atoms with Crippen LogP contribution in [-0.4, -0.2) is 24.5 Å². The zero-order valence-electron chi connectivity index (χ0n) is 10.9. The SMILES string of the molecule is NCCCC(c1ccccc1F)N1CCCCC1. The van der Waals surface area contributed by atoms with Crippen LogP contribution in [0.4, 0.5) is 4.39 Å². The molecule has 1 aromatic carbocycles.